The number of aryl methyl sites for hydroxylation is 1. The van der Waals surface area contributed by atoms with Crippen LogP contribution in [-0.2, 0) is 11.2 Å². The summed E-state index contributed by atoms with van der Waals surface area (Å²) < 4.78 is 0. The third-order valence-electron chi connectivity index (χ3n) is 9.05. The molecule has 1 amide bonds. The molecule has 0 saturated carbocycles. The Morgan fingerprint density at radius 1 is 0.617 bits per heavy atom. The van der Waals surface area contributed by atoms with Crippen LogP contribution in [0, 0.1) is 0 Å². The summed E-state index contributed by atoms with van der Waals surface area (Å²) in [5.41, 5.74) is 1.03. The molecule has 4 heteroatoms. The quantitative estimate of drug-likeness (QED) is 0.0576. The van der Waals surface area contributed by atoms with E-state index in [0.29, 0.717) is 12.5 Å². The molecule has 1 rings (SSSR count). The second-order valence-electron chi connectivity index (χ2n) is 13.6. The maximum absolute atomic E-state index is 12.7. The van der Waals surface area contributed by atoms with E-state index in [1.807, 2.05) is 6.20 Å². The van der Waals surface area contributed by atoms with Crippen LogP contribution in [0.1, 0.15) is 193 Å². The third kappa shape index (κ3) is 30.7. The van der Waals surface area contributed by atoms with Gasteiger partial charge in [-0.25, -0.2) is 4.98 Å². The Morgan fingerprint density at radius 3 is 1.47 bits per heavy atom. The van der Waals surface area contributed by atoms with Crippen molar-refractivity contribution in [3.8, 4) is 0 Å². The number of allylic oxidation sites excluding steroid dienone is 8. The van der Waals surface area contributed by atoms with E-state index in [-0.39, 0.29) is 5.91 Å². The molecule has 1 heterocycles. The number of hydrogen-bond donors (Lipinski definition) is 2. The van der Waals surface area contributed by atoms with Crippen LogP contribution in [0.25, 0.3) is 0 Å². The average molecular weight is 650 g/mol. The van der Waals surface area contributed by atoms with Gasteiger partial charge in [-0.05, 0) is 83.5 Å². The Balaban J connectivity index is 2.15. The van der Waals surface area contributed by atoms with Gasteiger partial charge in [-0.1, -0.05) is 152 Å². The molecule has 268 valence electrons. The summed E-state index contributed by atoms with van der Waals surface area (Å²) in [5, 5.41) is 3.39. The van der Waals surface area contributed by atoms with Gasteiger partial charge in [0.15, 0.2) is 0 Å². The highest BCUT2D eigenvalue weighted by atomic mass is 16.1. The van der Waals surface area contributed by atoms with E-state index in [9.17, 15) is 4.79 Å². The summed E-state index contributed by atoms with van der Waals surface area (Å²) in [6.45, 7) is 4.52. The van der Waals surface area contributed by atoms with Crippen LogP contribution >= 0.6 is 0 Å². The second-order valence-corrected chi connectivity index (χ2v) is 13.6. The van der Waals surface area contributed by atoms with E-state index in [4.69, 9.17) is 0 Å². The summed E-state index contributed by atoms with van der Waals surface area (Å²) in [4.78, 5) is 19.9. The molecule has 47 heavy (non-hydrogen) atoms. The van der Waals surface area contributed by atoms with E-state index in [2.05, 4.69) is 77.7 Å². The molecule has 1 aromatic heterocycles. The van der Waals surface area contributed by atoms with Crippen LogP contribution in [0.15, 0.2) is 61.1 Å². The summed E-state index contributed by atoms with van der Waals surface area (Å²) >= 11 is 0. The highest BCUT2D eigenvalue weighted by molar-refractivity contribution is 5.76. The summed E-state index contributed by atoms with van der Waals surface area (Å²) in [6, 6.07) is 0.320. The van der Waals surface area contributed by atoms with Crippen LogP contribution in [0.4, 0.5) is 0 Å². The summed E-state index contributed by atoms with van der Waals surface area (Å²) in [6.07, 6.45) is 56.3. The molecule has 0 aromatic carbocycles. The zero-order valence-corrected chi connectivity index (χ0v) is 31.0. The van der Waals surface area contributed by atoms with Crippen molar-refractivity contribution in [2.45, 2.75) is 200 Å². The number of carbonyl (C=O) groups is 1. The molecule has 0 radical (unpaired) electrons. The zero-order valence-electron chi connectivity index (χ0n) is 31.0. The monoisotopic (exact) mass is 650 g/mol. The van der Waals surface area contributed by atoms with Gasteiger partial charge in [-0.2, -0.15) is 0 Å². The lowest BCUT2D eigenvalue weighted by Crippen LogP contribution is -2.35. The van der Waals surface area contributed by atoms with Crippen LogP contribution in [0.5, 0.6) is 0 Å². The van der Waals surface area contributed by atoms with Crippen molar-refractivity contribution < 1.29 is 4.79 Å². The fourth-order valence-corrected chi connectivity index (χ4v) is 6.02. The number of amides is 1. The van der Waals surface area contributed by atoms with E-state index >= 15 is 0 Å². The van der Waals surface area contributed by atoms with Gasteiger partial charge in [0.05, 0.1) is 6.33 Å². The largest absolute Gasteiger partial charge is 0.353 e. The van der Waals surface area contributed by atoms with Crippen molar-refractivity contribution in [2.75, 3.05) is 0 Å². The molecule has 0 aliphatic carbocycles. The highest BCUT2D eigenvalue weighted by Crippen LogP contribution is 2.16. The molecule has 0 saturated heterocycles. The molecule has 0 unspecified atom stereocenters. The number of unbranched alkanes of at least 4 members (excludes halogenated alkanes) is 18. The van der Waals surface area contributed by atoms with Crippen LogP contribution in [-0.4, -0.2) is 21.9 Å². The predicted octanol–water partition coefficient (Wildman–Crippen LogP) is 13.2. The molecule has 2 N–H and O–H groups in total. The van der Waals surface area contributed by atoms with Crippen molar-refractivity contribution in [2.24, 2.45) is 0 Å². The first-order valence-corrected chi connectivity index (χ1v) is 20.1. The summed E-state index contributed by atoms with van der Waals surface area (Å²) in [7, 11) is 0. The van der Waals surface area contributed by atoms with Crippen molar-refractivity contribution >= 4 is 5.91 Å². The van der Waals surface area contributed by atoms with E-state index in [0.717, 1.165) is 37.8 Å². The van der Waals surface area contributed by atoms with Gasteiger partial charge in [0.1, 0.15) is 0 Å². The lowest BCUT2D eigenvalue weighted by atomic mass is 9.99. The van der Waals surface area contributed by atoms with Crippen LogP contribution < -0.4 is 5.32 Å². The molecule has 1 aromatic rings. The van der Waals surface area contributed by atoms with E-state index in [1.165, 1.54) is 141 Å². The van der Waals surface area contributed by atoms with Crippen molar-refractivity contribution in [3.05, 3.63) is 66.8 Å². The number of rotatable bonds is 34. The topological polar surface area (TPSA) is 57.8 Å². The molecule has 0 aliphatic heterocycles. The fourth-order valence-electron chi connectivity index (χ4n) is 6.02. The normalized spacial score (nSPS) is 12.8. The molecule has 4 nitrogen and oxygen atoms in total. The SMILES string of the molecule is CCCCCC=CCC=CCCCCCCCCC(CCCCCCCCC=CCC=CCCCCC)NC(=O)CCc1cnc[nH]1. The molecular formula is C43H75N3O. The number of carbonyl (C=O) groups excluding carboxylic acids is 1. The summed E-state index contributed by atoms with van der Waals surface area (Å²) in [5.74, 6) is 0.185. The van der Waals surface area contributed by atoms with Gasteiger partial charge < -0.3 is 10.3 Å². The van der Waals surface area contributed by atoms with Crippen molar-refractivity contribution in [3.63, 3.8) is 0 Å². The molecular weight excluding hydrogens is 574 g/mol. The first kappa shape index (κ1) is 42.7. The van der Waals surface area contributed by atoms with Crippen LogP contribution in [0.3, 0.4) is 0 Å². The molecule has 0 bridgehead atoms. The van der Waals surface area contributed by atoms with Crippen molar-refractivity contribution in [1.29, 1.82) is 0 Å². The number of nitrogens with one attached hydrogen (secondary N) is 2. The maximum Gasteiger partial charge on any atom is 0.220 e. The predicted molar refractivity (Wildman–Crippen MR) is 207 cm³/mol. The Morgan fingerprint density at radius 2 is 1.04 bits per heavy atom. The number of aromatic nitrogens is 2. The van der Waals surface area contributed by atoms with Gasteiger partial charge in [-0.15, -0.1) is 0 Å². The number of nitrogens with zero attached hydrogens (tertiary/aromatic N) is 1. The molecule has 0 spiro atoms. The Hall–Kier alpha value is -2.36. The van der Waals surface area contributed by atoms with Gasteiger partial charge in [-0.3, -0.25) is 4.79 Å². The lowest BCUT2D eigenvalue weighted by Gasteiger charge is -2.19. The Bertz CT molecular complexity index is 850. The Labute approximate surface area is 291 Å². The van der Waals surface area contributed by atoms with E-state index in [1.54, 1.807) is 6.33 Å². The standard InChI is InChI=1S/C43H75N3O/c1-3-5-7-9-11-13-15-17-19-21-23-25-27-29-31-33-35-41(46-43(47)38-37-42-39-44-40-45-42)36-34-32-30-28-26-24-22-20-18-16-14-12-10-8-6-4-2/h11-14,17-20,39-41H,3-10,15-16,21-38H2,1-2H3,(H,44,45)(H,46,47). The number of H-pyrrole nitrogens is 1. The zero-order chi connectivity index (χ0) is 33.7. The average Bonchev–Trinajstić information content (AvgIpc) is 3.61. The minimum absolute atomic E-state index is 0.185. The number of hydrogen-bond acceptors (Lipinski definition) is 2. The smallest absolute Gasteiger partial charge is 0.220 e. The first-order chi connectivity index (χ1) is 23.3. The highest BCUT2D eigenvalue weighted by Gasteiger charge is 2.12. The minimum Gasteiger partial charge on any atom is -0.353 e. The molecule has 0 fully saturated rings. The lowest BCUT2D eigenvalue weighted by molar-refractivity contribution is -0.121. The molecule has 0 aliphatic rings. The van der Waals surface area contributed by atoms with Gasteiger partial charge in [0, 0.05) is 24.4 Å². The number of imidazole rings is 1. The van der Waals surface area contributed by atoms with Gasteiger partial charge >= 0.3 is 0 Å². The maximum atomic E-state index is 12.7. The van der Waals surface area contributed by atoms with Crippen molar-refractivity contribution in [1.82, 2.24) is 15.3 Å². The third-order valence-corrected chi connectivity index (χ3v) is 9.05. The van der Waals surface area contributed by atoms with Gasteiger partial charge in [0.2, 0.25) is 5.91 Å². The fraction of sp³-hybridized carbons (Fsp3) is 0.721. The second kappa shape index (κ2) is 35.0. The van der Waals surface area contributed by atoms with Gasteiger partial charge in [0.25, 0.3) is 0 Å². The van der Waals surface area contributed by atoms with Crippen LogP contribution in [0.2, 0.25) is 0 Å². The molecule has 0 atom stereocenters. The Kier molecular flexibility index (Phi) is 31.7. The first-order valence-electron chi connectivity index (χ1n) is 20.1. The van der Waals surface area contributed by atoms with E-state index < -0.39 is 0 Å². The number of aromatic amines is 1. The minimum atomic E-state index is 0.185.